The van der Waals surface area contributed by atoms with Crippen molar-refractivity contribution >= 4 is 5.96 Å². The maximum absolute atomic E-state index is 4.21. The van der Waals surface area contributed by atoms with Crippen LogP contribution >= 0.6 is 0 Å². The van der Waals surface area contributed by atoms with Crippen LogP contribution in [0.1, 0.15) is 27.7 Å². The van der Waals surface area contributed by atoms with Gasteiger partial charge in [0.1, 0.15) is 0 Å². The lowest BCUT2D eigenvalue weighted by Crippen LogP contribution is -2.46. The molecule has 0 amide bonds. The quantitative estimate of drug-likeness (QED) is 0.529. The highest BCUT2D eigenvalue weighted by Crippen LogP contribution is 1.98. The largest absolute Gasteiger partial charge is 0.355 e. The van der Waals surface area contributed by atoms with E-state index in [1.807, 2.05) is 7.05 Å². The Bertz CT molecular complexity index is 201. The van der Waals surface area contributed by atoms with Gasteiger partial charge in [-0.2, -0.15) is 0 Å². The Hall–Kier alpha value is -0.770. The van der Waals surface area contributed by atoms with Gasteiger partial charge in [0.15, 0.2) is 5.96 Å². The normalized spacial score (nSPS) is 14.4. The van der Waals surface area contributed by atoms with Gasteiger partial charge in [-0.3, -0.25) is 4.99 Å². The molecule has 0 aromatic heterocycles. The lowest BCUT2D eigenvalue weighted by Gasteiger charge is -2.21. The number of nitrogens with one attached hydrogen (secondary N) is 2. The summed E-state index contributed by atoms with van der Waals surface area (Å²) in [6.07, 6.45) is 0. The van der Waals surface area contributed by atoms with Crippen LogP contribution < -0.4 is 10.6 Å². The van der Waals surface area contributed by atoms with E-state index in [2.05, 4.69) is 55.3 Å². The second-order valence-corrected chi connectivity index (χ2v) is 4.57. The number of nitrogens with zero attached hydrogens (tertiary/aromatic N) is 2. The standard InChI is InChI=1S/C12H28N4/c1-7-16(6)9-8-14-12(13-5)15-11(4)10(2)3/h10-11H,7-9H2,1-6H3,(H2,13,14,15). The molecule has 0 radical (unpaired) electrons. The lowest BCUT2D eigenvalue weighted by atomic mass is 10.1. The molecule has 96 valence electrons. The molecule has 0 aliphatic carbocycles. The first-order valence-corrected chi connectivity index (χ1v) is 6.17. The van der Waals surface area contributed by atoms with Crippen molar-refractivity contribution < 1.29 is 0 Å². The van der Waals surface area contributed by atoms with Gasteiger partial charge in [-0.15, -0.1) is 0 Å². The summed E-state index contributed by atoms with van der Waals surface area (Å²) in [7, 11) is 3.93. The third-order valence-electron chi connectivity index (χ3n) is 2.91. The Morgan fingerprint density at radius 2 is 1.94 bits per heavy atom. The van der Waals surface area contributed by atoms with Crippen LogP contribution in [0.5, 0.6) is 0 Å². The van der Waals surface area contributed by atoms with Crippen LogP contribution in [-0.4, -0.2) is 50.6 Å². The summed E-state index contributed by atoms with van der Waals surface area (Å²) in [6, 6.07) is 0.440. The minimum Gasteiger partial charge on any atom is -0.355 e. The predicted octanol–water partition coefficient (Wildman–Crippen LogP) is 1.15. The molecule has 0 aliphatic heterocycles. The highest BCUT2D eigenvalue weighted by atomic mass is 15.2. The van der Waals surface area contributed by atoms with Crippen LogP contribution in [0.3, 0.4) is 0 Å². The van der Waals surface area contributed by atoms with E-state index in [-0.39, 0.29) is 0 Å². The molecule has 0 bridgehead atoms. The molecule has 16 heavy (non-hydrogen) atoms. The molecule has 0 rings (SSSR count). The number of guanidine groups is 1. The molecule has 4 nitrogen and oxygen atoms in total. The highest BCUT2D eigenvalue weighted by Gasteiger charge is 2.08. The summed E-state index contributed by atoms with van der Waals surface area (Å²) in [5.74, 6) is 1.50. The average Bonchev–Trinajstić information content (AvgIpc) is 2.26. The second-order valence-electron chi connectivity index (χ2n) is 4.57. The van der Waals surface area contributed by atoms with Crippen LogP contribution in [0.2, 0.25) is 0 Å². The zero-order valence-corrected chi connectivity index (χ0v) is 11.7. The fourth-order valence-electron chi connectivity index (χ4n) is 1.10. The van der Waals surface area contributed by atoms with Gasteiger partial charge in [0.25, 0.3) is 0 Å². The summed E-state index contributed by atoms with van der Waals surface area (Å²) in [6.45, 7) is 11.8. The van der Waals surface area contributed by atoms with Gasteiger partial charge in [0.05, 0.1) is 0 Å². The summed E-state index contributed by atoms with van der Waals surface area (Å²) in [5.41, 5.74) is 0. The SMILES string of the molecule is CCN(C)CCNC(=NC)NC(C)C(C)C. The smallest absolute Gasteiger partial charge is 0.191 e. The Morgan fingerprint density at radius 1 is 1.31 bits per heavy atom. The van der Waals surface area contributed by atoms with E-state index in [9.17, 15) is 0 Å². The predicted molar refractivity (Wildman–Crippen MR) is 72.0 cm³/mol. The maximum Gasteiger partial charge on any atom is 0.191 e. The Morgan fingerprint density at radius 3 is 2.38 bits per heavy atom. The Labute approximate surface area is 101 Å². The summed E-state index contributed by atoms with van der Waals surface area (Å²) in [4.78, 5) is 6.48. The molecule has 0 aliphatic rings. The monoisotopic (exact) mass is 228 g/mol. The number of likely N-dealkylation sites (N-methyl/N-ethyl adjacent to an activating group) is 1. The number of hydrogen-bond donors (Lipinski definition) is 2. The lowest BCUT2D eigenvalue weighted by molar-refractivity contribution is 0.356. The molecule has 0 aromatic rings. The summed E-state index contributed by atoms with van der Waals surface area (Å²) >= 11 is 0. The van der Waals surface area contributed by atoms with Gasteiger partial charge in [-0.1, -0.05) is 20.8 Å². The van der Waals surface area contributed by atoms with E-state index in [0.29, 0.717) is 12.0 Å². The first-order chi connectivity index (χ1) is 7.51. The molecule has 0 fully saturated rings. The van der Waals surface area contributed by atoms with Crippen LogP contribution in [-0.2, 0) is 0 Å². The number of hydrogen-bond acceptors (Lipinski definition) is 2. The van der Waals surface area contributed by atoms with Crippen LogP contribution in [0.4, 0.5) is 0 Å². The fraction of sp³-hybridized carbons (Fsp3) is 0.917. The van der Waals surface area contributed by atoms with Crippen molar-refractivity contribution in [3.63, 3.8) is 0 Å². The van der Waals surface area contributed by atoms with E-state index in [4.69, 9.17) is 0 Å². The molecule has 1 unspecified atom stereocenters. The molecule has 0 heterocycles. The van der Waals surface area contributed by atoms with E-state index in [0.717, 1.165) is 25.6 Å². The minimum atomic E-state index is 0.440. The van der Waals surface area contributed by atoms with Gasteiger partial charge >= 0.3 is 0 Å². The maximum atomic E-state index is 4.21. The first-order valence-electron chi connectivity index (χ1n) is 6.17. The molecular formula is C12H28N4. The molecule has 0 aromatic carbocycles. The number of aliphatic imine (C=N–C) groups is 1. The zero-order chi connectivity index (χ0) is 12.6. The molecule has 2 N–H and O–H groups in total. The Kier molecular flexibility index (Phi) is 7.99. The van der Waals surface area contributed by atoms with Crippen molar-refractivity contribution in [2.75, 3.05) is 33.7 Å². The van der Waals surface area contributed by atoms with E-state index >= 15 is 0 Å². The minimum absolute atomic E-state index is 0.440. The second kappa shape index (κ2) is 8.39. The molecule has 0 saturated carbocycles. The van der Waals surface area contributed by atoms with Crippen molar-refractivity contribution in [3.05, 3.63) is 0 Å². The van der Waals surface area contributed by atoms with Gasteiger partial charge in [-0.05, 0) is 26.4 Å². The number of rotatable bonds is 6. The fourth-order valence-corrected chi connectivity index (χ4v) is 1.10. The van der Waals surface area contributed by atoms with Crippen molar-refractivity contribution in [2.45, 2.75) is 33.7 Å². The third-order valence-corrected chi connectivity index (χ3v) is 2.91. The summed E-state index contributed by atoms with van der Waals surface area (Å²) < 4.78 is 0. The topological polar surface area (TPSA) is 39.7 Å². The van der Waals surface area contributed by atoms with Crippen LogP contribution in [0.25, 0.3) is 0 Å². The molecule has 1 atom stereocenters. The van der Waals surface area contributed by atoms with Crippen molar-refractivity contribution in [3.8, 4) is 0 Å². The molecule has 0 saturated heterocycles. The van der Waals surface area contributed by atoms with E-state index in [1.165, 1.54) is 0 Å². The summed E-state index contributed by atoms with van der Waals surface area (Å²) in [5, 5.41) is 6.70. The van der Waals surface area contributed by atoms with Crippen molar-refractivity contribution in [1.29, 1.82) is 0 Å². The third kappa shape index (κ3) is 6.67. The van der Waals surface area contributed by atoms with E-state index in [1.54, 1.807) is 0 Å². The molecule has 0 spiro atoms. The Balaban J connectivity index is 3.85. The van der Waals surface area contributed by atoms with Crippen LogP contribution in [0, 0.1) is 5.92 Å². The van der Waals surface area contributed by atoms with Gasteiger partial charge in [-0.25, -0.2) is 0 Å². The molecular weight excluding hydrogens is 200 g/mol. The molecule has 4 heteroatoms. The highest BCUT2D eigenvalue weighted by molar-refractivity contribution is 5.79. The first kappa shape index (κ1) is 15.2. The van der Waals surface area contributed by atoms with Crippen molar-refractivity contribution in [2.24, 2.45) is 10.9 Å². The van der Waals surface area contributed by atoms with Gasteiger partial charge in [0, 0.05) is 26.2 Å². The van der Waals surface area contributed by atoms with E-state index < -0.39 is 0 Å². The zero-order valence-electron chi connectivity index (χ0n) is 11.7. The average molecular weight is 228 g/mol. The van der Waals surface area contributed by atoms with Crippen molar-refractivity contribution in [1.82, 2.24) is 15.5 Å². The van der Waals surface area contributed by atoms with Gasteiger partial charge < -0.3 is 15.5 Å². The van der Waals surface area contributed by atoms with Crippen LogP contribution in [0.15, 0.2) is 4.99 Å². The van der Waals surface area contributed by atoms with Gasteiger partial charge in [0.2, 0.25) is 0 Å².